The van der Waals surface area contributed by atoms with Gasteiger partial charge in [-0.05, 0) is 87.9 Å². The fraction of sp³-hybridized carbons (Fsp3) is 0. The zero-order valence-corrected chi connectivity index (χ0v) is 27.2. The number of benzene rings is 8. The Bertz CT molecular complexity index is 2820. The van der Waals surface area contributed by atoms with Gasteiger partial charge in [0.2, 0.25) is 5.89 Å². The number of anilines is 3. The van der Waals surface area contributed by atoms with Crippen molar-refractivity contribution >= 4 is 81.2 Å². The van der Waals surface area contributed by atoms with E-state index in [1.54, 1.807) is 0 Å². The third-order valence-electron chi connectivity index (χ3n) is 9.47. The Labute approximate surface area is 286 Å². The zero-order chi connectivity index (χ0) is 32.3. The van der Waals surface area contributed by atoms with E-state index in [1.165, 1.54) is 31.3 Å². The molecule has 0 radical (unpaired) electrons. The van der Waals surface area contributed by atoms with Gasteiger partial charge in [0.1, 0.15) is 5.52 Å². The number of oxazole rings is 1. The van der Waals surface area contributed by atoms with Crippen LogP contribution in [-0.4, -0.2) is 4.98 Å². The third kappa shape index (κ3) is 4.61. The predicted molar refractivity (Wildman–Crippen MR) is 207 cm³/mol. The van der Waals surface area contributed by atoms with Gasteiger partial charge in [0.15, 0.2) is 5.58 Å². The van der Waals surface area contributed by atoms with E-state index in [-0.39, 0.29) is 0 Å². The van der Waals surface area contributed by atoms with Crippen molar-refractivity contribution in [2.75, 3.05) is 4.90 Å². The smallest absolute Gasteiger partial charge is 0.227 e. The van der Waals surface area contributed by atoms with E-state index in [0.29, 0.717) is 5.89 Å². The van der Waals surface area contributed by atoms with Crippen LogP contribution in [0.15, 0.2) is 174 Å². The molecule has 0 aliphatic heterocycles. The first kappa shape index (κ1) is 27.8. The van der Waals surface area contributed by atoms with Crippen molar-refractivity contribution in [3.8, 4) is 22.6 Å². The van der Waals surface area contributed by atoms with Gasteiger partial charge in [-0.3, -0.25) is 0 Å². The SMILES string of the molecule is c1ccc(-c2ccc(N(c3ccc4ccc5ccc6nc(-c7ccccc7)oc6c5c4c3)c3cccc4sc5ccccc5c34)cc2)cc1. The van der Waals surface area contributed by atoms with Crippen molar-refractivity contribution in [1.82, 2.24) is 4.98 Å². The highest BCUT2D eigenvalue weighted by Crippen LogP contribution is 2.46. The Morgan fingerprint density at radius 3 is 1.96 bits per heavy atom. The van der Waals surface area contributed by atoms with Crippen molar-refractivity contribution in [1.29, 1.82) is 0 Å². The van der Waals surface area contributed by atoms with Crippen molar-refractivity contribution in [2.24, 2.45) is 0 Å². The molecule has 0 saturated carbocycles. The number of rotatable bonds is 5. The second-order valence-corrected chi connectivity index (χ2v) is 13.4. The van der Waals surface area contributed by atoms with E-state index >= 15 is 0 Å². The van der Waals surface area contributed by atoms with Crippen LogP contribution in [0, 0.1) is 0 Å². The van der Waals surface area contributed by atoms with Gasteiger partial charge in [-0.15, -0.1) is 11.3 Å². The van der Waals surface area contributed by atoms with Gasteiger partial charge in [-0.25, -0.2) is 4.98 Å². The van der Waals surface area contributed by atoms with Crippen molar-refractivity contribution in [2.45, 2.75) is 0 Å². The Kier molecular flexibility index (Phi) is 6.36. The molecule has 0 saturated heterocycles. The largest absolute Gasteiger partial charge is 0.435 e. The van der Waals surface area contributed by atoms with Gasteiger partial charge in [-0.1, -0.05) is 109 Å². The summed E-state index contributed by atoms with van der Waals surface area (Å²) in [6.07, 6.45) is 0. The second kappa shape index (κ2) is 11.2. The summed E-state index contributed by atoms with van der Waals surface area (Å²) in [4.78, 5) is 7.31. The fourth-order valence-corrected chi connectivity index (χ4v) is 8.28. The normalized spacial score (nSPS) is 11.7. The maximum atomic E-state index is 6.57. The number of aromatic nitrogens is 1. The molecule has 0 atom stereocenters. The van der Waals surface area contributed by atoms with E-state index in [0.717, 1.165) is 55.3 Å². The molecule has 49 heavy (non-hydrogen) atoms. The monoisotopic (exact) mass is 644 g/mol. The third-order valence-corrected chi connectivity index (χ3v) is 10.6. The first-order valence-electron chi connectivity index (χ1n) is 16.5. The van der Waals surface area contributed by atoms with Gasteiger partial charge in [0.25, 0.3) is 0 Å². The lowest BCUT2D eigenvalue weighted by Crippen LogP contribution is -2.10. The van der Waals surface area contributed by atoms with Gasteiger partial charge in [0, 0.05) is 42.5 Å². The lowest BCUT2D eigenvalue weighted by atomic mass is 9.99. The van der Waals surface area contributed by atoms with Gasteiger partial charge >= 0.3 is 0 Å². The molecule has 0 bridgehead atoms. The van der Waals surface area contributed by atoms with E-state index in [2.05, 4.69) is 144 Å². The van der Waals surface area contributed by atoms with Gasteiger partial charge < -0.3 is 9.32 Å². The topological polar surface area (TPSA) is 29.3 Å². The molecule has 0 spiro atoms. The summed E-state index contributed by atoms with van der Waals surface area (Å²) in [6, 6.07) is 60.4. The molecule has 0 aliphatic carbocycles. The second-order valence-electron chi connectivity index (χ2n) is 12.4. The lowest BCUT2D eigenvalue weighted by molar-refractivity contribution is 0.623. The van der Waals surface area contributed by atoms with Crippen LogP contribution >= 0.6 is 11.3 Å². The molecule has 8 aromatic carbocycles. The van der Waals surface area contributed by atoms with Crippen LogP contribution in [0.3, 0.4) is 0 Å². The molecule has 4 heteroatoms. The van der Waals surface area contributed by atoms with Crippen LogP contribution in [0.1, 0.15) is 0 Å². The predicted octanol–water partition coefficient (Wildman–Crippen LogP) is 13.3. The van der Waals surface area contributed by atoms with Crippen LogP contribution in [-0.2, 0) is 0 Å². The Morgan fingerprint density at radius 2 is 1.12 bits per heavy atom. The minimum absolute atomic E-state index is 0.632. The molecule has 0 aliphatic rings. The zero-order valence-electron chi connectivity index (χ0n) is 26.4. The summed E-state index contributed by atoms with van der Waals surface area (Å²) in [6.45, 7) is 0. The molecule has 0 amide bonds. The number of thiophene rings is 1. The molecule has 0 unspecified atom stereocenters. The van der Waals surface area contributed by atoms with Crippen molar-refractivity contribution in [3.05, 3.63) is 170 Å². The molecular formula is C45H28N2OS. The summed E-state index contributed by atoms with van der Waals surface area (Å²) in [7, 11) is 0. The quantitative estimate of drug-likeness (QED) is 0.175. The van der Waals surface area contributed by atoms with Crippen LogP contribution in [0.25, 0.3) is 75.4 Å². The van der Waals surface area contributed by atoms with E-state index < -0.39 is 0 Å². The van der Waals surface area contributed by atoms with Crippen LogP contribution in [0.4, 0.5) is 17.1 Å². The maximum Gasteiger partial charge on any atom is 0.227 e. The summed E-state index contributed by atoms with van der Waals surface area (Å²) in [5, 5.41) is 7.01. The summed E-state index contributed by atoms with van der Waals surface area (Å²) >= 11 is 1.84. The van der Waals surface area contributed by atoms with E-state index in [1.807, 2.05) is 41.7 Å². The standard InChI is InChI=1S/C45H28N2OS/c1-3-10-29(11-4-1)30-20-24-34(25-21-30)47(39-15-9-17-41-43(39)36-14-7-8-16-40(36)49-41)35-26-22-31-18-19-32-23-27-38-44(42(32)37(31)28-35)48-45(46-38)33-12-5-2-6-13-33/h1-28H. The molecule has 10 aromatic rings. The van der Waals surface area contributed by atoms with Gasteiger partial charge in [0.05, 0.1) is 5.69 Å². The molecule has 0 fully saturated rings. The Morgan fingerprint density at radius 1 is 0.469 bits per heavy atom. The lowest BCUT2D eigenvalue weighted by Gasteiger charge is -2.27. The van der Waals surface area contributed by atoms with Crippen molar-refractivity contribution in [3.63, 3.8) is 0 Å². The Balaban J connectivity index is 1.23. The molecule has 3 nitrogen and oxygen atoms in total. The fourth-order valence-electron chi connectivity index (χ4n) is 7.16. The summed E-state index contributed by atoms with van der Waals surface area (Å²) in [5.74, 6) is 0.632. The first-order chi connectivity index (χ1) is 24.3. The maximum absolute atomic E-state index is 6.57. The average Bonchev–Trinajstić information content (AvgIpc) is 3.78. The van der Waals surface area contributed by atoms with Crippen LogP contribution in [0.2, 0.25) is 0 Å². The molecule has 230 valence electrons. The Hall–Kier alpha value is -6.23. The summed E-state index contributed by atoms with van der Waals surface area (Å²) < 4.78 is 9.13. The molecule has 2 heterocycles. The number of fused-ring (bicyclic) bond motifs is 8. The van der Waals surface area contributed by atoms with Crippen LogP contribution < -0.4 is 4.90 Å². The molecule has 0 N–H and O–H groups in total. The van der Waals surface area contributed by atoms with Crippen LogP contribution in [0.5, 0.6) is 0 Å². The van der Waals surface area contributed by atoms with Crippen molar-refractivity contribution < 1.29 is 4.42 Å². The first-order valence-corrected chi connectivity index (χ1v) is 17.3. The van der Waals surface area contributed by atoms with E-state index in [9.17, 15) is 0 Å². The highest BCUT2D eigenvalue weighted by Gasteiger charge is 2.20. The molecule has 10 rings (SSSR count). The molecular weight excluding hydrogens is 617 g/mol. The number of nitrogens with zero attached hydrogens (tertiary/aromatic N) is 2. The van der Waals surface area contributed by atoms with Gasteiger partial charge in [-0.2, -0.15) is 0 Å². The average molecular weight is 645 g/mol. The molecule has 2 aromatic heterocycles. The minimum Gasteiger partial charge on any atom is -0.435 e. The summed E-state index contributed by atoms with van der Waals surface area (Å²) in [5.41, 5.74) is 8.35. The highest BCUT2D eigenvalue weighted by molar-refractivity contribution is 7.26. The number of hydrogen-bond donors (Lipinski definition) is 0. The minimum atomic E-state index is 0.632. The highest BCUT2D eigenvalue weighted by atomic mass is 32.1. The van der Waals surface area contributed by atoms with E-state index in [4.69, 9.17) is 9.40 Å². The number of hydrogen-bond acceptors (Lipinski definition) is 4.